The highest BCUT2D eigenvalue weighted by molar-refractivity contribution is 5.73. The van der Waals surface area contributed by atoms with Gasteiger partial charge in [0.25, 0.3) is 0 Å². The highest BCUT2D eigenvalue weighted by Gasteiger charge is 2.41. The molecule has 2 aliphatic rings. The van der Waals surface area contributed by atoms with E-state index in [9.17, 15) is 26.3 Å². The summed E-state index contributed by atoms with van der Waals surface area (Å²) in [7, 11) is 0. The van der Waals surface area contributed by atoms with Crippen LogP contribution in [0, 0.1) is 5.41 Å². The van der Waals surface area contributed by atoms with Gasteiger partial charge in [0.15, 0.2) is 0 Å². The summed E-state index contributed by atoms with van der Waals surface area (Å²) in [5.74, 6) is -4.61. The molecule has 4 rings (SSSR count). The lowest BCUT2D eigenvalue weighted by Gasteiger charge is -2.39. The van der Waals surface area contributed by atoms with Gasteiger partial charge in [0.2, 0.25) is 5.95 Å². The van der Waals surface area contributed by atoms with E-state index in [4.69, 9.17) is 19.8 Å². The lowest BCUT2D eigenvalue weighted by Crippen LogP contribution is -2.42. The molecule has 2 aliphatic heterocycles. The summed E-state index contributed by atoms with van der Waals surface area (Å²) in [6.45, 7) is 7.74. The fraction of sp³-hybridized carbons (Fsp3) is 0.542. The smallest absolute Gasteiger partial charge is 0.475 e. The van der Waals surface area contributed by atoms with Crippen LogP contribution in [0.2, 0.25) is 0 Å². The standard InChI is InChI=1S/C20H27N5.2C2HF3O2/c1-2-17-13-22-19(23-14-17)25-10-6-20(7-11-25)5-9-24(16-20)15-18-4-3-8-21-12-18;2*3-2(4,5)1(6)7/h3-4,8,12-14H,2,5-7,9-11,15-16H2,1H3;2*(H,6,7). The van der Waals surface area contributed by atoms with Crippen molar-refractivity contribution < 1.29 is 46.1 Å². The number of aromatic nitrogens is 3. The van der Waals surface area contributed by atoms with Gasteiger partial charge in [-0.25, -0.2) is 19.6 Å². The molecule has 1 spiro atoms. The second kappa shape index (κ2) is 13.5. The predicted octanol–water partition coefficient (Wildman–Crippen LogP) is 4.19. The minimum absolute atomic E-state index is 0.488. The summed E-state index contributed by atoms with van der Waals surface area (Å²) in [6.07, 6.45) is 2.41. The van der Waals surface area contributed by atoms with E-state index in [0.29, 0.717) is 5.41 Å². The van der Waals surface area contributed by atoms with Gasteiger partial charge in [-0.3, -0.25) is 9.88 Å². The number of alkyl halides is 6. The van der Waals surface area contributed by atoms with Gasteiger partial charge in [-0.05, 0) is 54.8 Å². The van der Waals surface area contributed by atoms with Crippen molar-refractivity contribution in [2.75, 3.05) is 31.1 Å². The van der Waals surface area contributed by atoms with Crippen molar-refractivity contribution in [3.63, 3.8) is 0 Å². The molecular formula is C24H29F6N5O4. The molecule has 216 valence electrons. The fourth-order valence-electron chi connectivity index (χ4n) is 4.20. The number of hydrogen-bond acceptors (Lipinski definition) is 7. The van der Waals surface area contributed by atoms with E-state index in [1.807, 2.05) is 30.9 Å². The van der Waals surface area contributed by atoms with E-state index in [2.05, 4.69) is 37.7 Å². The number of pyridine rings is 1. The Morgan fingerprint density at radius 2 is 1.41 bits per heavy atom. The first-order valence-electron chi connectivity index (χ1n) is 11.9. The third-order valence-corrected chi connectivity index (χ3v) is 6.34. The minimum atomic E-state index is -5.08. The van der Waals surface area contributed by atoms with E-state index in [1.54, 1.807) is 0 Å². The summed E-state index contributed by atoms with van der Waals surface area (Å²) < 4.78 is 63.5. The van der Waals surface area contributed by atoms with Crippen molar-refractivity contribution in [2.24, 2.45) is 5.41 Å². The molecule has 2 aromatic heterocycles. The van der Waals surface area contributed by atoms with Crippen LogP contribution in [0.15, 0.2) is 36.9 Å². The molecule has 0 amide bonds. The highest BCUT2D eigenvalue weighted by Crippen LogP contribution is 2.41. The number of nitrogens with zero attached hydrogens (tertiary/aromatic N) is 5. The number of halogens is 6. The minimum Gasteiger partial charge on any atom is -0.475 e. The molecule has 0 aromatic carbocycles. The second-order valence-electron chi connectivity index (χ2n) is 9.16. The Kier molecular flexibility index (Phi) is 11.0. The third kappa shape index (κ3) is 10.3. The molecule has 0 aliphatic carbocycles. The molecule has 39 heavy (non-hydrogen) atoms. The third-order valence-electron chi connectivity index (χ3n) is 6.34. The summed E-state index contributed by atoms with van der Waals surface area (Å²) >= 11 is 0. The van der Waals surface area contributed by atoms with E-state index < -0.39 is 24.3 Å². The first-order chi connectivity index (χ1) is 18.1. The molecule has 0 saturated carbocycles. The number of aliphatic carboxylic acids is 2. The van der Waals surface area contributed by atoms with Crippen LogP contribution in [-0.4, -0.2) is 80.5 Å². The Labute approximate surface area is 220 Å². The monoisotopic (exact) mass is 565 g/mol. The molecule has 4 heterocycles. The fourth-order valence-corrected chi connectivity index (χ4v) is 4.20. The van der Waals surface area contributed by atoms with Gasteiger partial charge in [0.05, 0.1) is 0 Å². The Balaban J connectivity index is 0.000000317. The predicted molar refractivity (Wildman–Crippen MR) is 127 cm³/mol. The largest absolute Gasteiger partial charge is 0.490 e. The number of carboxylic acids is 2. The van der Waals surface area contributed by atoms with Crippen LogP contribution >= 0.6 is 0 Å². The zero-order valence-electron chi connectivity index (χ0n) is 21.0. The van der Waals surface area contributed by atoms with Crippen LogP contribution in [0.4, 0.5) is 32.3 Å². The Bertz CT molecular complexity index is 1040. The van der Waals surface area contributed by atoms with Crippen LogP contribution in [0.3, 0.4) is 0 Å². The molecular weight excluding hydrogens is 536 g/mol. The van der Waals surface area contributed by atoms with Gasteiger partial charge in [0, 0.05) is 51.0 Å². The van der Waals surface area contributed by atoms with Gasteiger partial charge < -0.3 is 15.1 Å². The number of hydrogen-bond donors (Lipinski definition) is 2. The molecule has 0 bridgehead atoms. The normalized spacial score (nSPS) is 17.1. The maximum absolute atomic E-state index is 10.6. The molecule has 0 unspecified atom stereocenters. The maximum Gasteiger partial charge on any atom is 0.490 e. The Morgan fingerprint density at radius 3 is 1.85 bits per heavy atom. The van der Waals surface area contributed by atoms with Crippen LogP contribution in [0.25, 0.3) is 0 Å². The van der Waals surface area contributed by atoms with Crippen LogP contribution in [-0.2, 0) is 22.6 Å². The zero-order chi connectivity index (χ0) is 29.3. The maximum atomic E-state index is 10.6. The second-order valence-corrected chi connectivity index (χ2v) is 9.16. The summed E-state index contributed by atoms with van der Waals surface area (Å²) in [6, 6.07) is 4.21. The van der Waals surface area contributed by atoms with Gasteiger partial charge in [-0.1, -0.05) is 13.0 Å². The molecule has 2 fully saturated rings. The van der Waals surface area contributed by atoms with Gasteiger partial charge in [-0.15, -0.1) is 0 Å². The number of carboxylic acid groups (broad SMARTS) is 2. The Morgan fingerprint density at radius 1 is 0.897 bits per heavy atom. The van der Waals surface area contributed by atoms with Crippen LogP contribution in [0.1, 0.15) is 37.3 Å². The lowest BCUT2D eigenvalue weighted by atomic mass is 9.78. The molecule has 2 N–H and O–H groups in total. The van der Waals surface area contributed by atoms with Crippen molar-refractivity contribution in [3.8, 4) is 0 Å². The molecule has 9 nitrogen and oxygen atoms in total. The van der Waals surface area contributed by atoms with Crippen LogP contribution < -0.4 is 4.90 Å². The lowest BCUT2D eigenvalue weighted by molar-refractivity contribution is -0.193. The molecule has 0 radical (unpaired) electrons. The topological polar surface area (TPSA) is 120 Å². The van der Waals surface area contributed by atoms with Crippen molar-refractivity contribution in [2.45, 2.75) is 51.5 Å². The number of likely N-dealkylation sites (tertiary alicyclic amines) is 1. The number of rotatable bonds is 4. The first kappa shape index (κ1) is 31.7. The summed E-state index contributed by atoms with van der Waals surface area (Å²) in [4.78, 5) is 36.1. The van der Waals surface area contributed by atoms with E-state index in [1.165, 1.54) is 43.5 Å². The molecule has 15 heteroatoms. The SMILES string of the molecule is CCc1cnc(N2CCC3(CCN(Cc4cccnc4)C3)CC2)nc1.O=C(O)C(F)(F)F.O=C(O)C(F)(F)F. The Hall–Kier alpha value is -3.49. The first-order valence-corrected chi connectivity index (χ1v) is 11.9. The van der Waals surface area contributed by atoms with Gasteiger partial charge in [-0.2, -0.15) is 26.3 Å². The molecule has 2 aromatic rings. The summed E-state index contributed by atoms with van der Waals surface area (Å²) in [5.41, 5.74) is 3.02. The van der Waals surface area contributed by atoms with Gasteiger partial charge in [0.1, 0.15) is 0 Å². The number of aryl methyl sites for hydroxylation is 1. The van der Waals surface area contributed by atoms with E-state index in [0.717, 1.165) is 32.0 Å². The van der Waals surface area contributed by atoms with Crippen molar-refractivity contribution in [3.05, 3.63) is 48.0 Å². The summed E-state index contributed by atoms with van der Waals surface area (Å²) in [5, 5.41) is 14.2. The highest BCUT2D eigenvalue weighted by atomic mass is 19.4. The van der Waals surface area contributed by atoms with E-state index in [-0.39, 0.29) is 0 Å². The number of piperidine rings is 1. The average Bonchev–Trinajstić information content (AvgIpc) is 3.26. The number of anilines is 1. The van der Waals surface area contributed by atoms with Crippen LogP contribution in [0.5, 0.6) is 0 Å². The van der Waals surface area contributed by atoms with Crippen molar-refractivity contribution in [1.82, 2.24) is 19.9 Å². The van der Waals surface area contributed by atoms with Crippen molar-refractivity contribution in [1.29, 1.82) is 0 Å². The molecule has 2 saturated heterocycles. The van der Waals surface area contributed by atoms with Gasteiger partial charge >= 0.3 is 24.3 Å². The zero-order valence-corrected chi connectivity index (χ0v) is 21.0. The van der Waals surface area contributed by atoms with Crippen molar-refractivity contribution >= 4 is 17.9 Å². The van der Waals surface area contributed by atoms with E-state index >= 15 is 0 Å². The quantitative estimate of drug-likeness (QED) is 0.526. The number of carbonyl (C=O) groups is 2. The molecule has 0 atom stereocenters. The average molecular weight is 566 g/mol.